The number of rotatable bonds is 3. The van der Waals surface area contributed by atoms with E-state index >= 15 is 0 Å². The van der Waals surface area contributed by atoms with E-state index in [9.17, 15) is 9.18 Å². The van der Waals surface area contributed by atoms with Crippen molar-refractivity contribution < 1.29 is 9.18 Å². The second-order valence-electron chi connectivity index (χ2n) is 6.49. The fourth-order valence-corrected chi connectivity index (χ4v) is 3.38. The number of hydrogen-bond acceptors (Lipinski definition) is 4. The van der Waals surface area contributed by atoms with Gasteiger partial charge in [-0.05, 0) is 18.6 Å². The van der Waals surface area contributed by atoms with Gasteiger partial charge in [0.2, 0.25) is 0 Å². The van der Waals surface area contributed by atoms with Crippen molar-refractivity contribution in [3.63, 3.8) is 0 Å². The molecule has 1 aromatic carbocycles. The van der Waals surface area contributed by atoms with Gasteiger partial charge < -0.3 is 9.47 Å². The summed E-state index contributed by atoms with van der Waals surface area (Å²) in [5, 5.41) is 8.60. The zero-order valence-corrected chi connectivity index (χ0v) is 14.3. The van der Waals surface area contributed by atoms with Crippen molar-refractivity contribution in [1.29, 1.82) is 0 Å². The van der Waals surface area contributed by atoms with Gasteiger partial charge >= 0.3 is 0 Å². The molecule has 0 unspecified atom stereocenters. The van der Waals surface area contributed by atoms with Gasteiger partial charge in [0, 0.05) is 19.2 Å². The van der Waals surface area contributed by atoms with Crippen LogP contribution in [0.4, 0.5) is 4.39 Å². The first-order valence-electron chi connectivity index (χ1n) is 8.48. The van der Waals surface area contributed by atoms with Crippen LogP contribution in [0.25, 0.3) is 0 Å². The average Bonchev–Trinajstić information content (AvgIpc) is 3.05. The summed E-state index contributed by atoms with van der Waals surface area (Å²) in [6.07, 6.45) is 3.16. The van der Waals surface area contributed by atoms with Gasteiger partial charge in [-0.25, -0.2) is 4.39 Å². The number of pyridine rings is 1. The molecule has 3 heterocycles. The van der Waals surface area contributed by atoms with Gasteiger partial charge in [-0.3, -0.25) is 9.78 Å². The van der Waals surface area contributed by atoms with Gasteiger partial charge in [0.25, 0.3) is 5.91 Å². The van der Waals surface area contributed by atoms with Crippen LogP contribution in [0, 0.1) is 5.82 Å². The van der Waals surface area contributed by atoms with Crippen molar-refractivity contribution in [3.8, 4) is 0 Å². The first-order chi connectivity index (χ1) is 12.6. The predicted molar refractivity (Wildman–Crippen MR) is 92.9 cm³/mol. The van der Waals surface area contributed by atoms with E-state index in [-0.39, 0.29) is 17.5 Å². The lowest BCUT2D eigenvalue weighted by molar-refractivity contribution is 0.0679. The summed E-state index contributed by atoms with van der Waals surface area (Å²) in [4.78, 5) is 18.1. The number of hydrogen-bond donors (Lipinski definition) is 0. The van der Waals surface area contributed by atoms with E-state index in [0.717, 1.165) is 17.8 Å². The molecule has 1 aliphatic heterocycles. The Morgan fingerprint density at radius 3 is 2.81 bits per heavy atom. The van der Waals surface area contributed by atoms with Gasteiger partial charge in [-0.15, -0.1) is 10.2 Å². The topological polar surface area (TPSA) is 63.9 Å². The monoisotopic (exact) mass is 351 g/mol. The standard InChI is InChI=1S/C19H18FN5O/c1-13-11-24(19(26)15-8-16(20)10-21-9-15)12-18-23-22-17(25(13)18)7-14-5-3-2-4-6-14/h2-6,8-10,13H,7,11-12H2,1H3/t13-/m0/s1. The van der Waals surface area contributed by atoms with Gasteiger partial charge in [0.05, 0.1) is 24.3 Å². The van der Waals surface area contributed by atoms with Crippen molar-refractivity contribution in [3.05, 3.63) is 77.4 Å². The predicted octanol–water partition coefficient (Wildman–Crippen LogP) is 2.62. The normalized spacial score (nSPS) is 16.4. The molecule has 1 atom stereocenters. The van der Waals surface area contributed by atoms with E-state index in [4.69, 9.17) is 0 Å². The molecule has 0 saturated heterocycles. The Kier molecular flexibility index (Phi) is 4.20. The molecular weight excluding hydrogens is 333 g/mol. The third-order valence-electron chi connectivity index (χ3n) is 4.54. The van der Waals surface area contributed by atoms with Crippen molar-refractivity contribution in [2.75, 3.05) is 6.54 Å². The maximum absolute atomic E-state index is 13.4. The minimum atomic E-state index is -0.519. The molecular formula is C19H18FN5O. The van der Waals surface area contributed by atoms with Crippen LogP contribution in [0.5, 0.6) is 0 Å². The SMILES string of the molecule is C[C@H]1CN(C(=O)c2cncc(F)c2)Cc2nnc(Cc3ccccc3)n21. The van der Waals surface area contributed by atoms with Crippen molar-refractivity contribution >= 4 is 5.91 Å². The first kappa shape index (κ1) is 16.4. The molecule has 0 saturated carbocycles. The van der Waals surface area contributed by atoms with E-state index < -0.39 is 5.82 Å². The molecule has 7 heteroatoms. The van der Waals surface area contributed by atoms with E-state index in [1.807, 2.05) is 25.1 Å². The minimum Gasteiger partial charge on any atom is -0.329 e. The molecule has 0 N–H and O–H groups in total. The Balaban J connectivity index is 1.57. The Bertz CT molecular complexity index is 940. The average molecular weight is 351 g/mol. The van der Waals surface area contributed by atoms with E-state index in [1.165, 1.54) is 17.8 Å². The third kappa shape index (κ3) is 3.08. The van der Waals surface area contributed by atoms with Crippen LogP contribution >= 0.6 is 0 Å². The number of carbonyl (C=O) groups is 1. The fraction of sp³-hybridized carbons (Fsp3) is 0.263. The molecule has 0 aliphatic carbocycles. The van der Waals surface area contributed by atoms with E-state index in [2.05, 4.69) is 31.9 Å². The summed E-state index contributed by atoms with van der Waals surface area (Å²) in [6.45, 7) is 2.90. The number of amides is 1. The molecule has 1 aliphatic rings. The molecule has 0 fully saturated rings. The highest BCUT2D eigenvalue weighted by Crippen LogP contribution is 2.24. The third-order valence-corrected chi connectivity index (χ3v) is 4.54. The van der Waals surface area contributed by atoms with Crippen LogP contribution in [-0.4, -0.2) is 37.1 Å². The van der Waals surface area contributed by atoms with Crippen LogP contribution in [0.1, 0.15) is 40.5 Å². The van der Waals surface area contributed by atoms with Crippen LogP contribution in [0.3, 0.4) is 0 Å². The summed E-state index contributed by atoms with van der Waals surface area (Å²) in [5.41, 5.74) is 1.41. The van der Waals surface area contributed by atoms with Crippen LogP contribution < -0.4 is 0 Å². The van der Waals surface area contributed by atoms with E-state index in [1.54, 1.807) is 4.90 Å². The van der Waals surface area contributed by atoms with Crippen molar-refractivity contribution in [2.24, 2.45) is 0 Å². The first-order valence-corrected chi connectivity index (χ1v) is 8.48. The second kappa shape index (κ2) is 6.67. The fourth-order valence-electron chi connectivity index (χ4n) is 3.38. The number of benzene rings is 1. The molecule has 132 valence electrons. The number of fused-ring (bicyclic) bond motifs is 1. The van der Waals surface area contributed by atoms with Crippen LogP contribution in [0.15, 0.2) is 48.8 Å². The van der Waals surface area contributed by atoms with Gasteiger partial charge in [-0.2, -0.15) is 0 Å². The molecule has 0 spiro atoms. The number of halogens is 1. The van der Waals surface area contributed by atoms with Crippen LogP contribution in [-0.2, 0) is 13.0 Å². The van der Waals surface area contributed by atoms with Gasteiger partial charge in [0.15, 0.2) is 5.82 Å². The number of carbonyl (C=O) groups excluding carboxylic acids is 1. The lowest BCUT2D eigenvalue weighted by Gasteiger charge is -2.32. The number of nitrogens with zero attached hydrogens (tertiary/aromatic N) is 5. The van der Waals surface area contributed by atoms with Crippen molar-refractivity contribution in [2.45, 2.75) is 25.9 Å². The lowest BCUT2D eigenvalue weighted by atomic mass is 10.1. The minimum absolute atomic E-state index is 0.0398. The second-order valence-corrected chi connectivity index (χ2v) is 6.49. The Morgan fingerprint density at radius 2 is 2.04 bits per heavy atom. The van der Waals surface area contributed by atoms with Gasteiger partial charge in [-0.1, -0.05) is 30.3 Å². The highest BCUT2D eigenvalue weighted by molar-refractivity contribution is 5.93. The molecule has 26 heavy (non-hydrogen) atoms. The molecule has 0 radical (unpaired) electrons. The Hall–Kier alpha value is -3.09. The highest BCUT2D eigenvalue weighted by Gasteiger charge is 2.29. The Morgan fingerprint density at radius 1 is 1.23 bits per heavy atom. The summed E-state index contributed by atoms with van der Waals surface area (Å²) in [7, 11) is 0. The quantitative estimate of drug-likeness (QED) is 0.728. The number of aromatic nitrogens is 4. The van der Waals surface area contributed by atoms with Crippen LogP contribution in [0.2, 0.25) is 0 Å². The zero-order chi connectivity index (χ0) is 18.1. The highest BCUT2D eigenvalue weighted by atomic mass is 19.1. The molecule has 4 rings (SSSR count). The van der Waals surface area contributed by atoms with Crippen molar-refractivity contribution in [1.82, 2.24) is 24.6 Å². The van der Waals surface area contributed by atoms with E-state index in [0.29, 0.717) is 19.5 Å². The summed E-state index contributed by atoms with van der Waals surface area (Å²) in [6, 6.07) is 11.3. The Labute approximate surface area is 150 Å². The van der Waals surface area contributed by atoms with Gasteiger partial charge in [0.1, 0.15) is 11.6 Å². The smallest absolute Gasteiger partial charge is 0.256 e. The lowest BCUT2D eigenvalue weighted by Crippen LogP contribution is -2.40. The molecule has 1 amide bonds. The summed E-state index contributed by atoms with van der Waals surface area (Å²) >= 11 is 0. The molecule has 6 nitrogen and oxygen atoms in total. The largest absolute Gasteiger partial charge is 0.329 e. The zero-order valence-electron chi connectivity index (χ0n) is 14.3. The maximum Gasteiger partial charge on any atom is 0.256 e. The molecule has 2 aromatic heterocycles. The molecule has 3 aromatic rings. The summed E-state index contributed by atoms with van der Waals surface area (Å²) < 4.78 is 15.5. The maximum atomic E-state index is 13.4. The summed E-state index contributed by atoms with van der Waals surface area (Å²) in [5.74, 6) is 0.863. The molecule has 0 bridgehead atoms.